The summed E-state index contributed by atoms with van der Waals surface area (Å²) in [5, 5.41) is 2.49. The first-order valence-electron chi connectivity index (χ1n) is 17.6. The van der Waals surface area contributed by atoms with Gasteiger partial charge in [0, 0.05) is 40.3 Å². The molecule has 0 amide bonds. The Balaban J connectivity index is 1.52. The number of hydrogen-bond donors (Lipinski definition) is 0. The Morgan fingerprint density at radius 1 is 0.340 bits per heavy atom. The maximum atomic E-state index is 2.52. The predicted octanol–water partition coefficient (Wildman–Crippen LogP) is 11.8. The first-order valence-corrected chi connectivity index (χ1v) is 17.6. The topological polar surface area (TPSA) is 24.6 Å². The lowest BCUT2D eigenvalue weighted by Gasteiger charge is -2.31. The zero-order valence-corrected chi connectivity index (χ0v) is 29.9. The molecule has 0 spiro atoms. The lowest BCUT2D eigenvalue weighted by Crippen LogP contribution is -2.24. The smallest absolute Gasteiger partial charge is 0.0707 e. The van der Waals surface area contributed by atoms with E-state index in [4.69, 9.17) is 0 Å². The largest absolute Gasteiger partial charge is 0.343 e. The van der Waals surface area contributed by atoms with E-state index in [0.717, 1.165) is 11.4 Å². The zero-order chi connectivity index (χ0) is 34.5. The van der Waals surface area contributed by atoms with E-state index in [9.17, 15) is 0 Å². The first-order chi connectivity index (χ1) is 24.0. The third kappa shape index (κ3) is 4.39. The van der Waals surface area contributed by atoms with Gasteiger partial charge < -0.3 is 22.8 Å². The molecule has 3 aromatic heterocycles. The van der Waals surface area contributed by atoms with Crippen molar-refractivity contribution >= 4 is 65.9 Å². The minimum Gasteiger partial charge on any atom is -0.343 e. The summed E-state index contributed by atoms with van der Waals surface area (Å²) in [5.74, 6) is 0. The van der Waals surface area contributed by atoms with E-state index in [1.807, 2.05) is 0 Å². The molecule has 0 aliphatic rings. The molecule has 5 nitrogen and oxygen atoms in total. The Kier molecular flexibility index (Phi) is 6.48. The SMILES string of the molecule is Cn1c2cc3c(cc2c2cc4c(cc21)n(C(C)(C)C)c1ccccc1n4-c1ccccc1)n(-c1ccccc1)c1ccccc1n3C(C)(C)C. The molecule has 0 saturated carbocycles. The van der Waals surface area contributed by atoms with Crippen LogP contribution in [-0.4, -0.2) is 22.8 Å². The number of rotatable bonds is 2. The molecule has 0 N–H and O–H groups in total. The Bertz CT molecular complexity index is 2620. The fourth-order valence-electron chi connectivity index (χ4n) is 8.32. The highest BCUT2D eigenvalue weighted by Crippen LogP contribution is 2.40. The molecule has 0 aliphatic carbocycles. The lowest BCUT2D eigenvalue weighted by molar-refractivity contribution is 0.420. The summed E-state index contributed by atoms with van der Waals surface area (Å²) in [6, 6.07) is 48.9. The molecule has 0 unspecified atom stereocenters. The fraction of sp³-hybridized carbons (Fsp3) is 0.200. The van der Waals surface area contributed by atoms with Gasteiger partial charge in [0.05, 0.1) is 55.2 Å². The Labute approximate surface area is 292 Å². The highest BCUT2D eigenvalue weighted by atomic mass is 15.1. The number of benzene rings is 6. The summed E-state index contributed by atoms with van der Waals surface area (Å²) in [6.07, 6.45) is 0. The van der Waals surface area contributed by atoms with Crippen molar-refractivity contribution in [2.45, 2.75) is 52.6 Å². The van der Waals surface area contributed by atoms with E-state index in [0.29, 0.717) is 0 Å². The number of para-hydroxylation sites is 6. The summed E-state index contributed by atoms with van der Waals surface area (Å²) < 4.78 is 12.3. The number of nitrogens with zero attached hydrogens (tertiary/aromatic N) is 5. The van der Waals surface area contributed by atoms with Crippen molar-refractivity contribution in [2.75, 3.05) is 0 Å². The molecule has 0 saturated heterocycles. The van der Waals surface area contributed by atoms with Crippen molar-refractivity contribution in [3.05, 3.63) is 133 Å². The van der Waals surface area contributed by atoms with Crippen molar-refractivity contribution in [1.29, 1.82) is 0 Å². The van der Waals surface area contributed by atoms with Crippen LogP contribution in [0.15, 0.2) is 133 Å². The highest BCUT2D eigenvalue weighted by Gasteiger charge is 2.25. The maximum absolute atomic E-state index is 2.52. The van der Waals surface area contributed by atoms with Gasteiger partial charge in [0.2, 0.25) is 0 Å². The number of hydrogen-bond acceptors (Lipinski definition) is 0. The first kappa shape index (κ1) is 30.4. The monoisotopic (exact) mass is 653 g/mol. The van der Waals surface area contributed by atoms with Crippen LogP contribution in [0.1, 0.15) is 41.5 Å². The van der Waals surface area contributed by atoms with Crippen molar-refractivity contribution in [3.8, 4) is 11.4 Å². The fourth-order valence-corrected chi connectivity index (χ4v) is 8.32. The van der Waals surface area contributed by atoms with Crippen LogP contribution >= 0.6 is 0 Å². The third-order valence-corrected chi connectivity index (χ3v) is 10.3. The van der Waals surface area contributed by atoms with Gasteiger partial charge in [0.15, 0.2) is 0 Å². The molecule has 9 aromatic rings. The zero-order valence-electron chi connectivity index (χ0n) is 29.9. The lowest BCUT2D eigenvalue weighted by atomic mass is 10.0. The number of fused-ring (bicyclic) bond motifs is 7. The van der Waals surface area contributed by atoms with E-state index >= 15 is 0 Å². The standard InChI is InChI=1S/C45H43N5/c1-44(2,3)49-36-24-16-14-22-34(36)47(30-18-10-8-11-19-30)40-26-32-33-27-41-43(29-39(33)46(7)38(32)28-42(40)49)50(45(4,5)6)37-25-17-15-23-35(37)48(41)31-20-12-9-13-21-31/h8-29H,1-7H3. The molecular formula is C45H43N5. The highest BCUT2D eigenvalue weighted by molar-refractivity contribution is 6.16. The van der Waals surface area contributed by atoms with Crippen LogP contribution in [0.2, 0.25) is 0 Å². The quantitative estimate of drug-likeness (QED) is 0.166. The molecule has 3 heterocycles. The van der Waals surface area contributed by atoms with Gasteiger partial charge in [-0.3, -0.25) is 0 Å². The van der Waals surface area contributed by atoms with Crippen molar-refractivity contribution in [1.82, 2.24) is 22.8 Å². The molecule has 0 aliphatic heterocycles. The van der Waals surface area contributed by atoms with E-state index in [-0.39, 0.29) is 11.1 Å². The summed E-state index contributed by atoms with van der Waals surface area (Å²) in [4.78, 5) is 0. The van der Waals surface area contributed by atoms with E-state index in [1.54, 1.807) is 0 Å². The molecule has 0 bridgehead atoms. The van der Waals surface area contributed by atoms with E-state index < -0.39 is 0 Å². The van der Waals surface area contributed by atoms with Crippen molar-refractivity contribution in [3.63, 3.8) is 0 Å². The van der Waals surface area contributed by atoms with Crippen LogP contribution < -0.4 is 0 Å². The van der Waals surface area contributed by atoms with Crippen molar-refractivity contribution < 1.29 is 0 Å². The second kappa shape index (κ2) is 10.7. The molecule has 0 atom stereocenters. The van der Waals surface area contributed by atoms with Gasteiger partial charge >= 0.3 is 0 Å². The van der Waals surface area contributed by atoms with Crippen molar-refractivity contribution in [2.24, 2.45) is 7.05 Å². The van der Waals surface area contributed by atoms with Crippen LogP contribution in [-0.2, 0) is 18.1 Å². The number of aromatic nitrogens is 5. The predicted molar refractivity (Wildman–Crippen MR) is 213 cm³/mol. The molecule has 248 valence electrons. The van der Waals surface area contributed by atoms with Gasteiger partial charge in [-0.05, 0) is 114 Å². The second-order valence-electron chi connectivity index (χ2n) is 15.6. The van der Waals surface area contributed by atoms with Crippen LogP contribution in [0.5, 0.6) is 0 Å². The van der Waals surface area contributed by atoms with Gasteiger partial charge in [-0.2, -0.15) is 0 Å². The van der Waals surface area contributed by atoms with Gasteiger partial charge in [-0.15, -0.1) is 0 Å². The van der Waals surface area contributed by atoms with Crippen LogP contribution in [0.4, 0.5) is 0 Å². The minimum absolute atomic E-state index is 0.153. The summed E-state index contributed by atoms with van der Waals surface area (Å²) >= 11 is 0. The van der Waals surface area contributed by atoms with Crippen LogP contribution in [0, 0.1) is 0 Å². The van der Waals surface area contributed by atoms with Crippen LogP contribution in [0.3, 0.4) is 0 Å². The van der Waals surface area contributed by atoms with E-state index in [2.05, 4.69) is 205 Å². The summed E-state index contributed by atoms with van der Waals surface area (Å²) in [5.41, 5.74) is 14.0. The van der Waals surface area contributed by atoms with E-state index in [1.165, 1.54) is 65.9 Å². The Morgan fingerprint density at radius 2 is 0.680 bits per heavy atom. The Hall–Kier alpha value is -5.68. The Morgan fingerprint density at radius 3 is 1.04 bits per heavy atom. The van der Waals surface area contributed by atoms with Gasteiger partial charge in [0.25, 0.3) is 0 Å². The molecule has 50 heavy (non-hydrogen) atoms. The van der Waals surface area contributed by atoms with Gasteiger partial charge in [-0.25, -0.2) is 0 Å². The van der Waals surface area contributed by atoms with Gasteiger partial charge in [-0.1, -0.05) is 60.7 Å². The average Bonchev–Trinajstić information content (AvgIpc) is 3.36. The maximum Gasteiger partial charge on any atom is 0.0707 e. The minimum atomic E-state index is -0.153. The molecule has 5 heteroatoms. The normalized spacial score (nSPS) is 12.7. The molecule has 9 rings (SSSR count). The summed E-state index contributed by atoms with van der Waals surface area (Å²) in [7, 11) is 2.23. The van der Waals surface area contributed by atoms with Gasteiger partial charge in [0.1, 0.15) is 0 Å². The average molecular weight is 654 g/mol. The molecule has 0 radical (unpaired) electrons. The van der Waals surface area contributed by atoms with Crippen LogP contribution in [0.25, 0.3) is 77.3 Å². The third-order valence-electron chi connectivity index (χ3n) is 10.3. The molecule has 0 fully saturated rings. The molecule has 6 aromatic carbocycles. The summed E-state index contributed by atoms with van der Waals surface area (Å²) in [6.45, 7) is 13.8. The second-order valence-corrected chi connectivity index (χ2v) is 15.6. The number of aryl methyl sites for hydroxylation is 1. The molecular weight excluding hydrogens is 611 g/mol.